The zero-order chi connectivity index (χ0) is 10.9. The molecule has 1 rings (SSSR count). The quantitative estimate of drug-likeness (QED) is 0.635. The molecule has 1 amide bonds. The highest BCUT2D eigenvalue weighted by Crippen LogP contribution is 2.20. The van der Waals surface area contributed by atoms with Gasteiger partial charge in [-0.1, -0.05) is 20.8 Å². The standard InChI is InChI=1S/C11H22N2O/c1-8-7-13(9(2)6-12-8)10(14)11(3,4)5/h8-9,12H,6-7H2,1-5H3/t8-,9-/m0/s1. The van der Waals surface area contributed by atoms with Crippen molar-refractivity contribution in [1.82, 2.24) is 10.2 Å². The van der Waals surface area contributed by atoms with Gasteiger partial charge in [0.2, 0.25) is 5.91 Å². The highest BCUT2D eigenvalue weighted by molar-refractivity contribution is 5.82. The molecule has 2 atom stereocenters. The number of nitrogens with one attached hydrogen (secondary N) is 1. The second-order valence-corrected chi connectivity index (χ2v) is 5.37. The lowest BCUT2D eigenvalue weighted by molar-refractivity contribution is -0.143. The van der Waals surface area contributed by atoms with Crippen LogP contribution in [0.15, 0.2) is 0 Å². The topological polar surface area (TPSA) is 32.3 Å². The number of nitrogens with zero attached hydrogens (tertiary/aromatic N) is 1. The molecule has 1 aliphatic heterocycles. The third kappa shape index (κ3) is 2.47. The molecule has 0 aromatic heterocycles. The van der Waals surface area contributed by atoms with Gasteiger partial charge in [-0.15, -0.1) is 0 Å². The molecule has 0 unspecified atom stereocenters. The summed E-state index contributed by atoms with van der Waals surface area (Å²) in [5.74, 6) is 0.262. The lowest BCUT2D eigenvalue weighted by Crippen LogP contribution is -2.58. The molecule has 0 bridgehead atoms. The van der Waals surface area contributed by atoms with Crippen LogP contribution in [0.1, 0.15) is 34.6 Å². The van der Waals surface area contributed by atoms with Crippen molar-refractivity contribution in [2.75, 3.05) is 13.1 Å². The molecule has 1 saturated heterocycles. The maximum absolute atomic E-state index is 12.1. The van der Waals surface area contributed by atoms with Gasteiger partial charge in [0, 0.05) is 30.6 Å². The first-order valence-corrected chi connectivity index (χ1v) is 5.37. The first-order chi connectivity index (χ1) is 6.32. The van der Waals surface area contributed by atoms with E-state index in [4.69, 9.17) is 0 Å². The van der Waals surface area contributed by atoms with Crippen molar-refractivity contribution in [3.05, 3.63) is 0 Å². The van der Waals surface area contributed by atoms with Crippen LogP contribution in [0.3, 0.4) is 0 Å². The van der Waals surface area contributed by atoms with Crippen molar-refractivity contribution in [2.24, 2.45) is 5.41 Å². The van der Waals surface area contributed by atoms with E-state index in [1.54, 1.807) is 0 Å². The Morgan fingerprint density at radius 1 is 1.36 bits per heavy atom. The third-order valence-corrected chi connectivity index (χ3v) is 2.67. The fraction of sp³-hybridized carbons (Fsp3) is 0.909. The van der Waals surface area contributed by atoms with Crippen LogP contribution in [0.5, 0.6) is 0 Å². The minimum absolute atomic E-state index is 0.259. The predicted octanol–water partition coefficient (Wildman–Crippen LogP) is 1.24. The molecule has 3 heteroatoms. The third-order valence-electron chi connectivity index (χ3n) is 2.67. The second-order valence-electron chi connectivity index (χ2n) is 5.37. The molecule has 1 aliphatic rings. The van der Waals surface area contributed by atoms with Gasteiger partial charge >= 0.3 is 0 Å². The molecule has 0 aromatic rings. The number of rotatable bonds is 0. The van der Waals surface area contributed by atoms with Gasteiger partial charge in [0.15, 0.2) is 0 Å². The summed E-state index contributed by atoms with van der Waals surface area (Å²) in [7, 11) is 0. The number of hydrogen-bond donors (Lipinski definition) is 1. The first-order valence-electron chi connectivity index (χ1n) is 5.37. The largest absolute Gasteiger partial charge is 0.337 e. The Kier molecular flexibility index (Phi) is 3.20. The van der Waals surface area contributed by atoms with Gasteiger partial charge in [-0.25, -0.2) is 0 Å². The summed E-state index contributed by atoms with van der Waals surface area (Å²) in [5, 5.41) is 3.37. The van der Waals surface area contributed by atoms with Gasteiger partial charge < -0.3 is 10.2 Å². The predicted molar refractivity (Wildman–Crippen MR) is 58.1 cm³/mol. The van der Waals surface area contributed by atoms with Crippen molar-refractivity contribution in [1.29, 1.82) is 0 Å². The van der Waals surface area contributed by atoms with E-state index in [0.29, 0.717) is 12.1 Å². The van der Waals surface area contributed by atoms with Crippen molar-refractivity contribution in [3.63, 3.8) is 0 Å². The highest BCUT2D eigenvalue weighted by Gasteiger charge is 2.33. The SMILES string of the molecule is C[C@H]1CN(C(=O)C(C)(C)C)[C@@H](C)CN1. The van der Waals surface area contributed by atoms with E-state index in [9.17, 15) is 4.79 Å². The molecule has 0 aromatic carbocycles. The fourth-order valence-corrected chi connectivity index (χ4v) is 1.74. The summed E-state index contributed by atoms with van der Waals surface area (Å²) in [6.45, 7) is 11.9. The number of piperazine rings is 1. The van der Waals surface area contributed by atoms with Crippen LogP contribution in [0.4, 0.5) is 0 Å². The molecule has 0 aliphatic carbocycles. The van der Waals surface area contributed by atoms with E-state index < -0.39 is 0 Å². The number of hydrogen-bond acceptors (Lipinski definition) is 2. The van der Waals surface area contributed by atoms with Gasteiger partial charge in [-0.2, -0.15) is 0 Å². The van der Waals surface area contributed by atoms with Gasteiger partial charge in [0.05, 0.1) is 0 Å². The Morgan fingerprint density at radius 2 is 1.93 bits per heavy atom. The van der Waals surface area contributed by atoms with E-state index in [1.807, 2.05) is 25.7 Å². The summed E-state index contributed by atoms with van der Waals surface area (Å²) in [4.78, 5) is 14.1. The average Bonchev–Trinajstić information content (AvgIpc) is 2.06. The molecule has 1 heterocycles. The summed E-state index contributed by atoms with van der Waals surface area (Å²) in [5.41, 5.74) is -0.259. The normalized spacial score (nSPS) is 29.1. The van der Waals surface area contributed by atoms with Crippen molar-refractivity contribution in [2.45, 2.75) is 46.7 Å². The summed E-state index contributed by atoms with van der Waals surface area (Å²) in [6.07, 6.45) is 0. The lowest BCUT2D eigenvalue weighted by Gasteiger charge is -2.40. The number of carbonyl (C=O) groups is 1. The first kappa shape index (κ1) is 11.5. The maximum atomic E-state index is 12.1. The van der Waals surface area contributed by atoms with Crippen LogP contribution in [0.2, 0.25) is 0 Å². The Balaban J connectivity index is 2.70. The van der Waals surface area contributed by atoms with Crippen LogP contribution < -0.4 is 5.32 Å². The molecule has 14 heavy (non-hydrogen) atoms. The van der Waals surface area contributed by atoms with Gasteiger partial charge in [-0.05, 0) is 13.8 Å². The van der Waals surface area contributed by atoms with Crippen LogP contribution >= 0.6 is 0 Å². The van der Waals surface area contributed by atoms with E-state index in [2.05, 4.69) is 19.2 Å². The molecule has 1 N–H and O–H groups in total. The zero-order valence-electron chi connectivity index (χ0n) is 9.92. The minimum atomic E-state index is -0.259. The van der Waals surface area contributed by atoms with Crippen LogP contribution in [0.25, 0.3) is 0 Å². The highest BCUT2D eigenvalue weighted by atomic mass is 16.2. The van der Waals surface area contributed by atoms with Crippen LogP contribution in [-0.4, -0.2) is 36.0 Å². The molecular weight excluding hydrogens is 176 g/mol. The van der Waals surface area contributed by atoms with E-state index >= 15 is 0 Å². The second kappa shape index (κ2) is 3.89. The molecule has 0 radical (unpaired) electrons. The minimum Gasteiger partial charge on any atom is -0.337 e. The molecular formula is C11H22N2O. The summed E-state index contributed by atoms with van der Waals surface area (Å²) >= 11 is 0. The Bertz CT molecular complexity index is 220. The number of amides is 1. The maximum Gasteiger partial charge on any atom is 0.228 e. The molecule has 3 nitrogen and oxygen atoms in total. The van der Waals surface area contributed by atoms with Gasteiger partial charge in [0.25, 0.3) is 0 Å². The van der Waals surface area contributed by atoms with E-state index in [0.717, 1.165) is 13.1 Å². The number of carbonyl (C=O) groups excluding carboxylic acids is 1. The zero-order valence-corrected chi connectivity index (χ0v) is 9.92. The van der Waals surface area contributed by atoms with Crippen LogP contribution in [0, 0.1) is 5.41 Å². The monoisotopic (exact) mass is 198 g/mol. The van der Waals surface area contributed by atoms with E-state index in [-0.39, 0.29) is 11.3 Å². The lowest BCUT2D eigenvalue weighted by atomic mass is 9.93. The van der Waals surface area contributed by atoms with Crippen LogP contribution in [-0.2, 0) is 4.79 Å². The van der Waals surface area contributed by atoms with Crippen molar-refractivity contribution in [3.8, 4) is 0 Å². The Labute approximate surface area is 86.9 Å². The van der Waals surface area contributed by atoms with Crippen molar-refractivity contribution >= 4 is 5.91 Å². The molecule has 1 fully saturated rings. The summed E-state index contributed by atoms with van der Waals surface area (Å²) < 4.78 is 0. The smallest absolute Gasteiger partial charge is 0.228 e. The molecule has 0 spiro atoms. The molecule has 82 valence electrons. The average molecular weight is 198 g/mol. The Morgan fingerprint density at radius 3 is 2.43 bits per heavy atom. The summed E-state index contributed by atoms with van der Waals surface area (Å²) in [6, 6.07) is 0.732. The van der Waals surface area contributed by atoms with E-state index in [1.165, 1.54) is 0 Å². The van der Waals surface area contributed by atoms with Gasteiger partial charge in [0.1, 0.15) is 0 Å². The van der Waals surface area contributed by atoms with Crippen molar-refractivity contribution < 1.29 is 4.79 Å². The van der Waals surface area contributed by atoms with Gasteiger partial charge in [-0.3, -0.25) is 4.79 Å². The Hall–Kier alpha value is -0.570. The molecule has 0 saturated carbocycles. The fourth-order valence-electron chi connectivity index (χ4n) is 1.74.